The highest BCUT2D eigenvalue weighted by Gasteiger charge is 2.33. The van der Waals surface area contributed by atoms with Gasteiger partial charge in [0, 0.05) is 12.6 Å². The Morgan fingerprint density at radius 3 is 2.74 bits per heavy atom. The van der Waals surface area contributed by atoms with Crippen LogP contribution in [-0.4, -0.2) is 42.4 Å². The molecule has 2 aromatic heterocycles. The monoisotopic (exact) mass is 379 g/mol. The predicted molar refractivity (Wildman–Crippen MR) is 90.7 cm³/mol. The van der Waals surface area contributed by atoms with Crippen molar-refractivity contribution >= 4 is 17.1 Å². The van der Waals surface area contributed by atoms with Gasteiger partial charge in [0.25, 0.3) is 6.01 Å². The summed E-state index contributed by atoms with van der Waals surface area (Å²) in [5.41, 5.74) is 0.398. The molecule has 0 N–H and O–H groups in total. The van der Waals surface area contributed by atoms with Crippen molar-refractivity contribution in [2.45, 2.75) is 12.3 Å². The highest BCUT2D eigenvalue weighted by atomic mass is 19.4. The molecule has 1 aromatic carbocycles. The zero-order valence-corrected chi connectivity index (χ0v) is 14.1. The van der Waals surface area contributed by atoms with Gasteiger partial charge in [0.05, 0.1) is 19.8 Å². The normalized spacial score (nSPS) is 18.5. The summed E-state index contributed by atoms with van der Waals surface area (Å²) in [6.45, 7) is 1.54. The third-order valence-electron chi connectivity index (χ3n) is 4.09. The molecule has 1 aliphatic rings. The quantitative estimate of drug-likeness (QED) is 0.694. The number of aromatic nitrogens is 2. The standard InChI is InChI=1S/C18H16F3N3O3/c19-18(20,21)15-6-3-7-16(23-15)26-12-10-24(8-9-25-11-12)17-22-13-4-1-2-5-14(13)27-17/h1-7,12H,8-11H2/t12-/m1/s1. The summed E-state index contributed by atoms with van der Waals surface area (Å²) in [7, 11) is 0. The molecule has 1 atom stereocenters. The molecule has 27 heavy (non-hydrogen) atoms. The Labute approximate surface area is 152 Å². The van der Waals surface area contributed by atoms with Crippen molar-refractivity contribution < 1.29 is 27.1 Å². The van der Waals surface area contributed by atoms with E-state index < -0.39 is 18.0 Å². The van der Waals surface area contributed by atoms with Crippen LogP contribution in [0.1, 0.15) is 5.69 Å². The first-order chi connectivity index (χ1) is 13.0. The minimum atomic E-state index is -4.52. The lowest BCUT2D eigenvalue weighted by Gasteiger charge is -2.22. The molecule has 3 heterocycles. The van der Waals surface area contributed by atoms with Gasteiger partial charge in [0.15, 0.2) is 5.58 Å². The van der Waals surface area contributed by atoms with Crippen LogP contribution in [0.2, 0.25) is 0 Å². The molecule has 1 saturated heterocycles. The van der Waals surface area contributed by atoms with E-state index in [0.717, 1.165) is 11.6 Å². The third kappa shape index (κ3) is 3.97. The number of hydrogen-bond acceptors (Lipinski definition) is 6. The van der Waals surface area contributed by atoms with Crippen LogP contribution in [0, 0.1) is 0 Å². The minimum Gasteiger partial charge on any atom is -0.470 e. The van der Waals surface area contributed by atoms with E-state index in [1.807, 2.05) is 29.2 Å². The molecule has 1 fully saturated rings. The largest absolute Gasteiger partial charge is 0.470 e. The van der Waals surface area contributed by atoms with Gasteiger partial charge in [-0.3, -0.25) is 0 Å². The van der Waals surface area contributed by atoms with E-state index in [1.165, 1.54) is 12.1 Å². The van der Waals surface area contributed by atoms with Crippen molar-refractivity contribution in [1.29, 1.82) is 0 Å². The summed E-state index contributed by atoms with van der Waals surface area (Å²) in [6.07, 6.45) is -5.04. The average molecular weight is 379 g/mol. The molecule has 0 unspecified atom stereocenters. The highest BCUT2D eigenvalue weighted by molar-refractivity contribution is 5.74. The topological polar surface area (TPSA) is 60.6 Å². The summed E-state index contributed by atoms with van der Waals surface area (Å²) in [5, 5.41) is 0. The van der Waals surface area contributed by atoms with Crippen molar-refractivity contribution in [3.8, 4) is 5.88 Å². The molecule has 0 bridgehead atoms. The molecule has 9 heteroatoms. The third-order valence-corrected chi connectivity index (χ3v) is 4.09. The molecular weight excluding hydrogens is 363 g/mol. The Bertz CT molecular complexity index is 896. The van der Waals surface area contributed by atoms with Gasteiger partial charge >= 0.3 is 6.18 Å². The molecular formula is C18H16F3N3O3. The number of ether oxygens (including phenoxy) is 2. The van der Waals surface area contributed by atoms with Crippen LogP contribution in [-0.2, 0) is 10.9 Å². The van der Waals surface area contributed by atoms with Crippen molar-refractivity contribution in [3.05, 3.63) is 48.2 Å². The predicted octanol–water partition coefficient (Wildman–Crippen LogP) is 3.53. The van der Waals surface area contributed by atoms with Crippen LogP contribution >= 0.6 is 0 Å². The van der Waals surface area contributed by atoms with Crippen LogP contribution in [0.25, 0.3) is 11.1 Å². The second kappa shape index (κ2) is 7.07. The number of alkyl halides is 3. The van der Waals surface area contributed by atoms with Gasteiger partial charge in [0.2, 0.25) is 5.88 Å². The lowest BCUT2D eigenvalue weighted by molar-refractivity contribution is -0.141. The molecule has 3 aromatic rings. The van der Waals surface area contributed by atoms with Crippen LogP contribution < -0.4 is 9.64 Å². The first-order valence-electron chi connectivity index (χ1n) is 8.38. The fourth-order valence-corrected chi connectivity index (χ4v) is 2.83. The van der Waals surface area contributed by atoms with Gasteiger partial charge < -0.3 is 18.8 Å². The molecule has 1 aliphatic heterocycles. The van der Waals surface area contributed by atoms with Gasteiger partial charge in [-0.25, -0.2) is 4.98 Å². The van der Waals surface area contributed by atoms with Crippen molar-refractivity contribution in [2.75, 3.05) is 31.2 Å². The molecule has 0 spiro atoms. The van der Waals surface area contributed by atoms with E-state index in [2.05, 4.69) is 9.97 Å². The number of rotatable bonds is 3. The molecule has 0 amide bonds. The van der Waals surface area contributed by atoms with Crippen molar-refractivity contribution in [3.63, 3.8) is 0 Å². The van der Waals surface area contributed by atoms with Crippen LogP contribution in [0.4, 0.5) is 19.2 Å². The molecule has 0 radical (unpaired) electrons. The smallest absolute Gasteiger partial charge is 0.433 e. The molecule has 6 nitrogen and oxygen atoms in total. The highest BCUT2D eigenvalue weighted by Crippen LogP contribution is 2.29. The number of anilines is 1. The number of oxazole rings is 1. The number of hydrogen-bond donors (Lipinski definition) is 0. The number of pyridine rings is 1. The number of benzene rings is 1. The van der Waals surface area contributed by atoms with E-state index >= 15 is 0 Å². The van der Waals surface area contributed by atoms with Crippen LogP contribution in [0.3, 0.4) is 0 Å². The summed E-state index contributed by atoms with van der Waals surface area (Å²) < 4.78 is 55.4. The number of halogens is 3. The Morgan fingerprint density at radius 1 is 1.07 bits per heavy atom. The summed E-state index contributed by atoms with van der Waals surface area (Å²) in [5.74, 6) is -0.0992. The van der Waals surface area contributed by atoms with Gasteiger partial charge in [0.1, 0.15) is 17.3 Å². The summed E-state index contributed by atoms with van der Waals surface area (Å²) in [4.78, 5) is 9.84. The Balaban J connectivity index is 1.52. The Hall–Kier alpha value is -2.81. The second-order valence-corrected chi connectivity index (χ2v) is 6.08. The maximum Gasteiger partial charge on any atom is 0.433 e. The molecule has 142 valence electrons. The fourth-order valence-electron chi connectivity index (χ4n) is 2.83. The van der Waals surface area contributed by atoms with Crippen LogP contribution in [0.15, 0.2) is 46.9 Å². The zero-order valence-electron chi connectivity index (χ0n) is 14.1. The van der Waals surface area contributed by atoms with Crippen molar-refractivity contribution in [2.24, 2.45) is 0 Å². The van der Waals surface area contributed by atoms with E-state index in [-0.39, 0.29) is 12.5 Å². The lowest BCUT2D eigenvalue weighted by atomic mass is 10.3. The first kappa shape index (κ1) is 17.6. The van der Waals surface area contributed by atoms with E-state index in [4.69, 9.17) is 13.9 Å². The van der Waals surface area contributed by atoms with Gasteiger partial charge in [-0.2, -0.15) is 18.2 Å². The van der Waals surface area contributed by atoms with E-state index in [9.17, 15) is 13.2 Å². The maximum absolute atomic E-state index is 12.8. The maximum atomic E-state index is 12.8. The molecule has 4 rings (SSSR count). The van der Waals surface area contributed by atoms with Gasteiger partial charge in [-0.05, 0) is 18.2 Å². The number of nitrogens with zero attached hydrogens (tertiary/aromatic N) is 3. The first-order valence-corrected chi connectivity index (χ1v) is 8.38. The number of fused-ring (bicyclic) bond motifs is 1. The SMILES string of the molecule is FC(F)(F)c1cccc(O[C@H]2COCCN(c3nc4ccccc4o3)C2)n1. The van der Waals surface area contributed by atoms with E-state index in [1.54, 1.807) is 0 Å². The number of para-hydroxylation sites is 2. The average Bonchev–Trinajstić information content (AvgIpc) is 2.94. The Morgan fingerprint density at radius 2 is 1.93 bits per heavy atom. The zero-order chi connectivity index (χ0) is 18.9. The summed E-state index contributed by atoms with van der Waals surface area (Å²) >= 11 is 0. The fraction of sp³-hybridized carbons (Fsp3) is 0.333. The summed E-state index contributed by atoms with van der Waals surface area (Å²) in [6, 6.07) is 11.4. The molecule has 0 saturated carbocycles. The van der Waals surface area contributed by atoms with Gasteiger partial charge in [-0.15, -0.1) is 0 Å². The molecule has 0 aliphatic carbocycles. The van der Waals surface area contributed by atoms with Crippen molar-refractivity contribution in [1.82, 2.24) is 9.97 Å². The van der Waals surface area contributed by atoms with Crippen LogP contribution in [0.5, 0.6) is 5.88 Å². The van der Waals surface area contributed by atoms with Gasteiger partial charge in [-0.1, -0.05) is 18.2 Å². The lowest BCUT2D eigenvalue weighted by Crippen LogP contribution is -2.36. The minimum absolute atomic E-state index is 0.0992. The second-order valence-electron chi connectivity index (χ2n) is 6.08. The Kier molecular flexibility index (Phi) is 4.61. The van der Waals surface area contributed by atoms with E-state index in [0.29, 0.717) is 31.3 Å².